The molecule has 45 heavy (non-hydrogen) atoms. The molecule has 4 atom stereocenters. The van der Waals surface area contributed by atoms with E-state index in [0.29, 0.717) is 45.0 Å². The molecule has 2 aliphatic heterocycles. The SMILES string of the molecule is CC(C)CC(NC(=O)c1cc(CN2CCOCC2)on1)C(=O)N[C@@H](Cc1ccncc1)C(=O)NC(CC(C)C)C(=O)C1(C)CO1. The first-order chi connectivity index (χ1) is 21.4. The van der Waals surface area contributed by atoms with Crippen LogP contribution in [0.15, 0.2) is 35.1 Å². The lowest BCUT2D eigenvalue weighted by Crippen LogP contribution is -2.57. The Labute approximate surface area is 264 Å². The Balaban J connectivity index is 1.47. The lowest BCUT2D eigenvalue weighted by atomic mass is 9.93. The Morgan fingerprint density at radius 2 is 1.51 bits per heavy atom. The maximum atomic E-state index is 13.7. The quantitative estimate of drug-likeness (QED) is 0.233. The molecule has 0 bridgehead atoms. The fraction of sp³-hybridized carbons (Fsp3) is 0.625. The van der Waals surface area contributed by atoms with Gasteiger partial charge in [-0.2, -0.15) is 0 Å². The Morgan fingerprint density at radius 1 is 0.911 bits per heavy atom. The first kappa shape index (κ1) is 34.2. The summed E-state index contributed by atoms with van der Waals surface area (Å²) in [6.07, 6.45) is 4.12. The summed E-state index contributed by atoms with van der Waals surface area (Å²) in [7, 11) is 0. The number of pyridine rings is 1. The van der Waals surface area contributed by atoms with E-state index in [9.17, 15) is 19.2 Å². The number of aromatic nitrogens is 2. The highest BCUT2D eigenvalue weighted by atomic mass is 16.6. The van der Waals surface area contributed by atoms with Crippen LogP contribution in [0.25, 0.3) is 0 Å². The number of ketones is 1. The summed E-state index contributed by atoms with van der Waals surface area (Å²) in [6, 6.07) is 2.35. The van der Waals surface area contributed by atoms with Crippen LogP contribution in [0.4, 0.5) is 0 Å². The molecule has 2 aliphatic rings. The largest absolute Gasteiger partial charge is 0.379 e. The number of hydrogen-bond acceptors (Lipinski definition) is 10. The van der Waals surface area contributed by atoms with E-state index in [1.807, 2.05) is 27.7 Å². The lowest BCUT2D eigenvalue weighted by Gasteiger charge is -2.27. The van der Waals surface area contributed by atoms with Crippen molar-refractivity contribution in [3.63, 3.8) is 0 Å². The van der Waals surface area contributed by atoms with Crippen LogP contribution in [0.3, 0.4) is 0 Å². The average Bonchev–Trinajstić information content (AvgIpc) is 3.58. The van der Waals surface area contributed by atoms with Crippen molar-refractivity contribution in [2.45, 2.75) is 84.2 Å². The molecule has 246 valence electrons. The normalized spacial score (nSPS) is 20.3. The van der Waals surface area contributed by atoms with Gasteiger partial charge in [0.25, 0.3) is 5.91 Å². The predicted octanol–water partition coefficient (Wildman–Crippen LogP) is 1.66. The van der Waals surface area contributed by atoms with E-state index in [4.69, 9.17) is 14.0 Å². The van der Waals surface area contributed by atoms with Gasteiger partial charge < -0.3 is 29.9 Å². The van der Waals surface area contributed by atoms with Crippen molar-refractivity contribution in [2.24, 2.45) is 11.8 Å². The van der Waals surface area contributed by atoms with Crippen molar-refractivity contribution in [2.75, 3.05) is 32.9 Å². The highest BCUT2D eigenvalue weighted by Crippen LogP contribution is 2.29. The van der Waals surface area contributed by atoms with Crippen LogP contribution in [0.1, 0.15) is 69.3 Å². The van der Waals surface area contributed by atoms with Crippen LogP contribution < -0.4 is 16.0 Å². The number of epoxide rings is 1. The van der Waals surface area contributed by atoms with Crippen LogP contribution in [0, 0.1) is 11.8 Å². The summed E-state index contributed by atoms with van der Waals surface area (Å²) in [4.78, 5) is 60.0. The molecule has 3 amide bonds. The molecule has 2 aromatic rings. The summed E-state index contributed by atoms with van der Waals surface area (Å²) in [6.45, 7) is 13.1. The van der Waals surface area contributed by atoms with Gasteiger partial charge in [-0.3, -0.25) is 29.1 Å². The van der Waals surface area contributed by atoms with Crippen molar-refractivity contribution in [3.05, 3.63) is 47.6 Å². The number of Topliss-reactive ketones (excluding diaryl/α,β-unsaturated/α-hetero) is 1. The van der Waals surface area contributed by atoms with Gasteiger partial charge in [-0.15, -0.1) is 0 Å². The minimum absolute atomic E-state index is 0.0510. The third-order valence-electron chi connectivity index (χ3n) is 7.86. The van der Waals surface area contributed by atoms with E-state index in [-0.39, 0.29) is 29.7 Å². The van der Waals surface area contributed by atoms with E-state index in [1.165, 1.54) is 0 Å². The zero-order valence-electron chi connectivity index (χ0n) is 26.8. The standard InChI is InChI=1S/C32H46N6O7/c1-20(2)14-24(28(39)32(5)19-44-32)34-30(41)26(16-22-6-8-33-9-7-22)36-29(40)25(15-21(3)4)35-31(42)27-17-23(45-37-27)18-38-10-12-43-13-11-38/h6-9,17,20-21,24-26H,10-16,18-19H2,1-5H3,(H,34,41)(H,35,42)(H,36,40)/t24?,25?,26-,32?/m0/s1. The second kappa shape index (κ2) is 15.5. The molecule has 0 saturated carbocycles. The molecule has 2 aromatic heterocycles. The molecule has 3 unspecified atom stereocenters. The molecule has 0 spiro atoms. The molecule has 4 rings (SSSR count). The van der Waals surface area contributed by atoms with Crippen LogP contribution in [0.2, 0.25) is 0 Å². The predicted molar refractivity (Wildman–Crippen MR) is 164 cm³/mol. The van der Waals surface area contributed by atoms with Crippen LogP contribution in [-0.2, 0) is 36.8 Å². The van der Waals surface area contributed by atoms with E-state index < -0.39 is 41.4 Å². The van der Waals surface area contributed by atoms with Gasteiger partial charge in [0.2, 0.25) is 11.8 Å². The van der Waals surface area contributed by atoms with Gasteiger partial charge in [0.05, 0.1) is 32.4 Å². The topological polar surface area (TPSA) is 168 Å². The minimum atomic E-state index is -1.02. The van der Waals surface area contributed by atoms with Gasteiger partial charge >= 0.3 is 0 Å². The van der Waals surface area contributed by atoms with Crippen LogP contribution in [-0.4, -0.2) is 95.2 Å². The van der Waals surface area contributed by atoms with Crippen molar-refractivity contribution in [3.8, 4) is 0 Å². The number of carbonyl (C=O) groups is 4. The lowest BCUT2D eigenvalue weighted by molar-refractivity contribution is -0.133. The van der Waals surface area contributed by atoms with E-state index >= 15 is 0 Å². The molecule has 4 heterocycles. The highest BCUT2D eigenvalue weighted by molar-refractivity contribution is 5.99. The summed E-state index contributed by atoms with van der Waals surface area (Å²) in [5.41, 5.74) is -0.0711. The molecule has 0 aromatic carbocycles. The number of ether oxygens (including phenoxy) is 2. The Bertz CT molecular complexity index is 1300. The van der Waals surface area contributed by atoms with Gasteiger partial charge in [-0.05, 0) is 49.3 Å². The monoisotopic (exact) mass is 626 g/mol. The van der Waals surface area contributed by atoms with Gasteiger partial charge in [0.1, 0.15) is 17.7 Å². The molecule has 2 saturated heterocycles. The summed E-state index contributed by atoms with van der Waals surface area (Å²) in [5.74, 6) is -1.04. The third-order valence-corrected chi connectivity index (χ3v) is 7.86. The summed E-state index contributed by atoms with van der Waals surface area (Å²) >= 11 is 0. The molecule has 3 N–H and O–H groups in total. The first-order valence-electron chi connectivity index (χ1n) is 15.7. The van der Waals surface area contributed by atoms with E-state index in [2.05, 4.69) is 31.0 Å². The number of nitrogens with one attached hydrogen (secondary N) is 3. The number of morpholine rings is 1. The van der Waals surface area contributed by atoms with Crippen molar-refractivity contribution in [1.29, 1.82) is 0 Å². The Kier molecular flexibility index (Phi) is 11.8. The first-order valence-corrected chi connectivity index (χ1v) is 15.7. The molecule has 0 aliphatic carbocycles. The summed E-state index contributed by atoms with van der Waals surface area (Å²) in [5, 5.41) is 12.4. The molecule has 13 nitrogen and oxygen atoms in total. The zero-order valence-corrected chi connectivity index (χ0v) is 26.8. The second-order valence-corrected chi connectivity index (χ2v) is 12.9. The van der Waals surface area contributed by atoms with Crippen molar-refractivity contribution in [1.82, 2.24) is 31.0 Å². The van der Waals surface area contributed by atoms with Gasteiger partial charge in [0.15, 0.2) is 17.2 Å². The van der Waals surface area contributed by atoms with Gasteiger partial charge in [0, 0.05) is 38.0 Å². The number of rotatable bonds is 16. The molecule has 0 radical (unpaired) electrons. The van der Waals surface area contributed by atoms with Gasteiger partial charge in [-0.25, -0.2) is 0 Å². The maximum Gasteiger partial charge on any atom is 0.274 e. The highest BCUT2D eigenvalue weighted by Gasteiger charge is 2.50. The fourth-order valence-electron chi connectivity index (χ4n) is 5.24. The smallest absolute Gasteiger partial charge is 0.274 e. The summed E-state index contributed by atoms with van der Waals surface area (Å²) < 4.78 is 16.1. The van der Waals surface area contributed by atoms with Crippen LogP contribution in [0.5, 0.6) is 0 Å². The number of amides is 3. The number of nitrogens with zero attached hydrogens (tertiary/aromatic N) is 3. The second-order valence-electron chi connectivity index (χ2n) is 12.9. The molecule has 13 heteroatoms. The maximum absolute atomic E-state index is 13.7. The molecular formula is C32H46N6O7. The average molecular weight is 627 g/mol. The Hall–Kier alpha value is -3.68. The van der Waals surface area contributed by atoms with E-state index in [0.717, 1.165) is 18.7 Å². The molecular weight excluding hydrogens is 580 g/mol. The number of hydrogen-bond donors (Lipinski definition) is 3. The van der Waals surface area contributed by atoms with Crippen molar-refractivity contribution >= 4 is 23.5 Å². The molecule has 2 fully saturated rings. The minimum Gasteiger partial charge on any atom is -0.379 e. The van der Waals surface area contributed by atoms with Crippen LogP contribution >= 0.6 is 0 Å². The number of carbonyl (C=O) groups excluding carboxylic acids is 4. The third kappa shape index (κ3) is 10.2. The van der Waals surface area contributed by atoms with Gasteiger partial charge in [-0.1, -0.05) is 32.9 Å². The Morgan fingerprint density at radius 3 is 2.13 bits per heavy atom. The zero-order chi connectivity index (χ0) is 32.6. The van der Waals surface area contributed by atoms with Crippen molar-refractivity contribution < 1.29 is 33.2 Å². The fourth-order valence-corrected chi connectivity index (χ4v) is 5.24. The van der Waals surface area contributed by atoms with E-state index in [1.54, 1.807) is 37.5 Å².